The fourth-order valence-electron chi connectivity index (χ4n) is 2.65. The van der Waals surface area contributed by atoms with E-state index in [1.807, 2.05) is 56.3 Å². The van der Waals surface area contributed by atoms with Gasteiger partial charge in [-0.25, -0.2) is 8.42 Å². The number of amides is 1. The van der Waals surface area contributed by atoms with Crippen LogP contribution in [-0.4, -0.2) is 33.7 Å². The SMILES string of the molecule is Cc1ccc(N(CCC(=O)NCCc2ccccc2)S(C)(=O)=O)cc1C. The van der Waals surface area contributed by atoms with Gasteiger partial charge in [0.15, 0.2) is 0 Å². The lowest BCUT2D eigenvalue weighted by Gasteiger charge is -2.23. The third-order valence-corrected chi connectivity index (χ3v) is 5.49. The Labute approximate surface area is 156 Å². The van der Waals surface area contributed by atoms with E-state index in [0.29, 0.717) is 12.2 Å². The molecule has 0 spiro atoms. The second kappa shape index (κ2) is 8.85. The molecule has 0 aliphatic heterocycles. The van der Waals surface area contributed by atoms with E-state index < -0.39 is 10.0 Å². The van der Waals surface area contributed by atoms with Crippen LogP contribution in [0, 0.1) is 13.8 Å². The van der Waals surface area contributed by atoms with Crippen molar-refractivity contribution >= 4 is 21.6 Å². The lowest BCUT2D eigenvalue weighted by molar-refractivity contribution is -0.120. The van der Waals surface area contributed by atoms with Crippen LogP contribution in [0.25, 0.3) is 0 Å². The summed E-state index contributed by atoms with van der Waals surface area (Å²) in [5, 5.41) is 2.85. The Morgan fingerprint density at radius 2 is 1.73 bits per heavy atom. The first-order valence-corrected chi connectivity index (χ1v) is 10.5. The van der Waals surface area contributed by atoms with Crippen LogP contribution in [0.15, 0.2) is 48.5 Å². The molecule has 5 nitrogen and oxygen atoms in total. The van der Waals surface area contributed by atoms with Gasteiger partial charge in [0.2, 0.25) is 15.9 Å². The maximum Gasteiger partial charge on any atom is 0.232 e. The third-order valence-electron chi connectivity index (χ3n) is 4.30. The summed E-state index contributed by atoms with van der Waals surface area (Å²) in [6, 6.07) is 15.4. The van der Waals surface area contributed by atoms with Gasteiger partial charge in [-0.1, -0.05) is 36.4 Å². The third kappa shape index (κ3) is 5.88. The van der Waals surface area contributed by atoms with Gasteiger partial charge in [0, 0.05) is 19.5 Å². The molecule has 0 unspecified atom stereocenters. The van der Waals surface area contributed by atoms with E-state index in [1.54, 1.807) is 6.07 Å². The first kappa shape index (κ1) is 20.0. The first-order valence-electron chi connectivity index (χ1n) is 8.63. The topological polar surface area (TPSA) is 66.5 Å². The Bertz CT molecular complexity index is 849. The highest BCUT2D eigenvalue weighted by Crippen LogP contribution is 2.21. The normalized spacial score (nSPS) is 11.2. The van der Waals surface area contributed by atoms with Crippen molar-refractivity contribution < 1.29 is 13.2 Å². The van der Waals surface area contributed by atoms with Gasteiger partial charge in [-0.2, -0.15) is 0 Å². The summed E-state index contributed by atoms with van der Waals surface area (Å²) in [5.41, 5.74) is 3.86. The van der Waals surface area contributed by atoms with Crippen LogP contribution in [0.4, 0.5) is 5.69 Å². The highest BCUT2D eigenvalue weighted by molar-refractivity contribution is 7.92. The van der Waals surface area contributed by atoms with E-state index in [1.165, 1.54) is 4.31 Å². The molecular weight excluding hydrogens is 348 g/mol. The summed E-state index contributed by atoms with van der Waals surface area (Å²) in [6.45, 7) is 4.57. The Morgan fingerprint density at radius 1 is 1.04 bits per heavy atom. The summed E-state index contributed by atoms with van der Waals surface area (Å²) in [5.74, 6) is -0.154. The van der Waals surface area contributed by atoms with Crippen LogP contribution in [0.2, 0.25) is 0 Å². The molecule has 1 N–H and O–H groups in total. The molecule has 0 bridgehead atoms. The van der Waals surface area contributed by atoms with Gasteiger partial charge < -0.3 is 5.32 Å². The van der Waals surface area contributed by atoms with Crippen molar-refractivity contribution in [2.24, 2.45) is 0 Å². The zero-order valence-electron chi connectivity index (χ0n) is 15.5. The quantitative estimate of drug-likeness (QED) is 0.773. The summed E-state index contributed by atoms with van der Waals surface area (Å²) in [6.07, 6.45) is 2.03. The monoisotopic (exact) mass is 374 g/mol. The summed E-state index contributed by atoms with van der Waals surface area (Å²) < 4.78 is 25.6. The van der Waals surface area contributed by atoms with Crippen LogP contribution >= 0.6 is 0 Å². The molecule has 0 aromatic heterocycles. The number of benzene rings is 2. The number of nitrogens with one attached hydrogen (secondary N) is 1. The van der Waals surface area contributed by atoms with Crippen molar-refractivity contribution in [3.05, 3.63) is 65.2 Å². The molecular formula is C20H26N2O3S. The zero-order valence-corrected chi connectivity index (χ0v) is 16.3. The van der Waals surface area contributed by atoms with E-state index in [0.717, 1.165) is 29.4 Å². The molecule has 140 valence electrons. The minimum atomic E-state index is -3.45. The molecule has 2 aromatic rings. The molecule has 6 heteroatoms. The molecule has 0 heterocycles. The van der Waals surface area contributed by atoms with Gasteiger partial charge in [-0.05, 0) is 49.1 Å². The van der Waals surface area contributed by atoms with Gasteiger partial charge in [0.1, 0.15) is 0 Å². The number of sulfonamides is 1. The molecule has 0 saturated carbocycles. The minimum Gasteiger partial charge on any atom is -0.356 e. The smallest absolute Gasteiger partial charge is 0.232 e. The fraction of sp³-hybridized carbons (Fsp3) is 0.350. The minimum absolute atomic E-state index is 0.120. The van der Waals surface area contributed by atoms with E-state index in [9.17, 15) is 13.2 Å². The van der Waals surface area contributed by atoms with Gasteiger partial charge >= 0.3 is 0 Å². The van der Waals surface area contributed by atoms with Crippen LogP contribution in [-0.2, 0) is 21.2 Å². The predicted octanol–water partition coefficient (Wildman–Crippen LogP) is 2.82. The van der Waals surface area contributed by atoms with Crippen molar-refractivity contribution in [2.75, 3.05) is 23.7 Å². The fourth-order valence-corrected chi connectivity index (χ4v) is 3.57. The first-order chi connectivity index (χ1) is 12.3. The molecule has 1 amide bonds. The molecule has 0 saturated heterocycles. The lowest BCUT2D eigenvalue weighted by Crippen LogP contribution is -2.35. The highest BCUT2D eigenvalue weighted by atomic mass is 32.2. The second-order valence-electron chi connectivity index (χ2n) is 6.44. The average molecular weight is 375 g/mol. The molecule has 26 heavy (non-hydrogen) atoms. The summed E-state index contributed by atoms with van der Waals surface area (Å²) in [7, 11) is -3.45. The van der Waals surface area contributed by atoms with Crippen LogP contribution < -0.4 is 9.62 Å². The van der Waals surface area contributed by atoms with Gasteiger partial charge in [0.05, 0.1) is 11.9 Å². The second-order valence-corrected chi connectivity index (χ2v) is 8.35. The molecule has 0 aliphatic carbocycles. The van der Waals surface area contributed by atoms with Crippen molar-refractivity contribution in [1.82, 2.24) is 5.32 Å². The highest BCUT2D eigenvalue weighted by Gasteiger charge is 2.19. The van der Waals surface area contributed by atoms with Gasteiger partial charge in [-0.15, -0.1) is 0 Å². The van der Waals surface area contributed by atoms with E-state index in [4.69, 9.17) is 0 Å². The van der Waals surface area contributed by atoms with Crippen molar-refractivity contribution in [2.45, 2.75) is 26.7 Å². The van der Waals surface area contributed by atoms with Gasteiger partial charge in [0.25, 0.3) is 0 Å². The van der Waals surface area contributed by atoms with Crippen LogP contribution in [0.5, 0.6) is 0 Å². The molecule has 0 radical (unpaired) electrons. The Hall–Kier alpha value is -2.34. The summed E-state index contributed by atoms with van der Waals surface area (Å²) in [4.78, 5) is 12.1. The zero-order chi connectivity index (χ0) is 19.2. The Kier molecular flexibility index (Phi) is 6.80. The Balaban J connectivity index is 1.92. The number of carbonyl (C=O) groups excluding carboxylic acids is 1. The van der Waals surface area contributed by atoms with E-state index in [2.05, 4.69) is 5.32 Å². The number of aryl methyl sites for hydroxylation is 2. The predicted molar refractivity (Wildman–Crippen MR) is 106 cm³/mol. The van der Waals surface area contributed by atoms with Gasteiger partial charge in [-0.3, -0.25) is 9.10 Å². The standard InChI is InChI=1S/C20H26N2O3S/c1-16-9-10-19(15-17(16)2)22(26(3,24)25)14-12-20(23)21-13-11-18-7-5-4-6-8-18/h4-10,15H,11-14H2,1-3H3,(H,21,23). The van der Waals surface area contributed by atoms with E-state index >= 15 is 0 Å². The molecule has 0 atom stereocenters. The number of anilines is 1. The molecule has 0 aliphatic rings. The van der Waals surface area contributed by atoms with Crippen molar-refractivity contribution in [3.63, 3.8) is 0 Å². The van der Waals surface area contributed by atoms with Crippen LogP contribution in [0.3, 0.4) is 0 Å². The van der Waals surface area contributed by atoms with Crippen molar-refractivity contribution in [1.29, 1.82) is 0 Å². The number of hydrogen-bond donors (Lipinski definition) is 1. The van der Waals surface area contributed by atoms with Crippen molar-refractivity contribution in [3.8, 4) is 0 Å². The Morgan fingerprint density at radius 3 is 2.35 bits per heavy atom. The number of carbonyl (C=O) groups is 1. The lowest BCUT2D eigenvalue weighted by atomic mass is 10.1. The number of nitrogens with zero attached hydrogens (tertiary/aromatic N) is 1. The maximum absolute atomic E-state index is 12.1. The molecule has 2 rings (SSSR count). The molecule has 2 aromatic carbocycles. The number of hydrogen-bond acceptors (Lipinski definition) is 3. The largest absolute Gasteiger partial charge is 0.356 e. The summed E-state index contributed by atoms with van der Waals surface area (Å²) >= 11 is 0. The average Bonchev–Trinajstić information content (AvgIpc) is 2.58. The van der Waals surface area contributed by atoms with Crippen LogP contribution in [0.1, 0.15) is 23.1 Å². The van der Waals surface area contributed by atoms with E-state index in [-0.39, 0.29) is 18.9 Å². The number of rotatable bonds is 8. The maximum atomic E-state index is 12.1. The molecule has 0 fully saturated rings.